The summed E-state index contributed by atoms with van der Waals surface area (Å²) in [6.07, 6.45) is 7.90. The van der Waals surface area contributed by atoms with Crippen LogP contribution in [-0.4, -0.2) is 36.8 Å². The van der Waals surface area contributed by atoms with Crippen LogP contribution in [0.5, 0.6) is 5.88 Å². The molecule has 37 heavy (non-hydrogen) atoms. The number of hydrogen-bond donors (Lipinski definition) is 1. The maximum Gasteiger partial charge on any atom is 0.515 e. The van der Waals surface area contributed by atoms with Gasteiger partial charge in [-0.05, 0) is 44.4 Å². The fourth-order valence-electron chi connectivity index (χ4n) is 4.69. The molecule has 10 nitrogen and oxygen atoms in total. The molecule has 4 heterocycles. The molecule has 1 N–H and O–H groups in total. The zero-order valence-electron chi connectivity index (χ0n) is 20.6. The van der Waals surface area contributed by atoms with E-state index in [1.807, 2.05) is 12.1 Å². The smallest absolute Gasteiger partial charge is 0.434 e. The number of rotatable bonds is 7. The Bertz CT molecular complexity index is 1490. The lowest BCUT2D eigenvalue weighted by molar-refractivity contribution is 0.101. The van der Waals surface area contributed by atoms with Crippen molar-refractivity contribution in [2.75, 3.05) is 11.9 Å². The molecular formula is C26H27FN6O4. The van der Waals surface area contributed by atoms with Gasteiger partial charge in [-0.1, -0.05) is 18.9 Å². The first-order valence-corrected chi connectivity index (χ1v) is 12.2. The number of carbonyl (C=O) groups excluding carboxylic acids is 1. The second kappa shape index (κ2) is 10.4. The number of nitrogens with one attached hydrogen (secondary N) is 1. The van der Waals surface area contributed by atoms with Crippen LogP contribution in [0.25, 0.3) is 11.0 Å². The van der Waals surface area contributed by atoms with Crippen molar-refractivity contribution in [2.45, 2.75) is 52.1 Å². The minimum Gasteiger partial charge on any atom is -0.434 e. The fourth-order valence-corrected chi connectivity index (χ4v) is 4.69. The largest absolute Gasteiger partial charge is 0.515 e. The number of hydrogen-bond acceptors (Lipinski definition) is 8. The van der Waals surface area contributed by atoms with E-state index in [4.69, 9.17) is 9.47 Å². The van der Waals surface area contributed by atoms with E-state index in [9.17, 15) is 14.0 Å². The van der Waals surface area contributed by atoms with Gasteiger partial charge >= 0.3 is 6.16 Å². The van der Waals surface area contributed by atoms with E-state index in [0.717, 1.165) is 31.2 Å². The van der Waals surface area contributed by atoms with Crippen molar-refractivity contribution < 1.29 is 18.7 Å². The van der Waals surface area contributed by atoms with Gasteiger partial charge in [0.15, 0.2) is 5.82 Å². The van der Waals surface area contributed by atoms with Crippen LogP contribution in [0.3, 0.4) is 0 Å². The van der Waals surface area contributed by atoms with E-state index in [0.29, 0.717) is 29.0 Å². The summed E-state index contributed by atoms with van der Waals surface area (Å²) in [6.45, 7) is 4.02. The minimum absolute atomic E-state index is 0.0991. The van der Waals surface area contributed by atoms with Crippen molar-refractivity contribution in [2.24, 2.45) is 0 Å². The normalized spacial score (nSPS) is 13.7. The molecule has 0 spiro atoms. The molecule has 0 aromatic carbocycles. The average molecular weight is 507 g/mol. The summed E-state index contributed by atoms with van der Waals surface area (Å²) in [5, 5.41) is 3.64. The second-order valence-electron chi connectivity index (χ2n) is 8.94. The zero-order valence-corrected chi connectivity index (χ0v) is 20.6. The summed E-state index contributed by atoms with van der Waals surface area (Å²) in [5.41, 5.74) is 1.72. The summed E-state index contributed by atoms with van der Waals surface area (Å²) in [7, 11) is 0. The lowest BCUT2D eigenvalue weighted by atomic mass is 10.2. The third-order valence-electron chi connectivity index (χ3n) is 6.37. The molecule has 4 aromatic heterocycles. The number of ether oxygens (including phenoxy) is 2. The number of fused-ring (bicyclic) bond motifs is 1. The molecule has 0 atom stereocenters. The van der Waals surface area contributed by atoms with E-state index < -0.39 is 17.5 Å². The summed E-state index contributed by atoms with van der Waals surface area (Å²) >= 11 is 0. The Labute approximate surface area is 212 Å². The van der Waals surface area contributed by atoms with Crippen LogP contribution in [0.1, 0.15) is 49.9 Å². The molecule has 0 bridgehead atoms. The summed E-state index contributed by atoms with van der Waals surface area (Å²) < 4.78 is 28.0. The van der Waals surface area contributed by atoms with Crippen LogP contribution in [-0.2, 0) is 11.3 Å². The van der Waals surface area contributed by atoms with Gasteiger partial charge in [0.2, 0.25) is 11.8 Å². The van der Waals surface area contributed by atoms with E-state index in [1.54, 1.807) is 43.1 Å². The van der Waals surface area contributed by atoms with Gasteiger partial charge < -0.3 is 19.4 Å². The molecule has 0 aliphatic heterocycles. The van der Waals surface area contributed by atoms with Gasteiger partial charge in [0.1, 0.15) is 5.65 Å². The van der Waals surface area contributed by atoms with Gasteiger partial charge in [0.05, 0.1) is 24.5 Å². The summed E-state index contributed by atoms with van der Waals surface area (Å²) in [5.74, 6) is -0.309. The van der Waals surface area contributed by atoms with Crippen LogP contribution >= 0.6 is 0 Å². The lowest BCUT2D eigenvalue weighted by Crippen LogP contribution is -2.27. The highest BCUT2D eigenvalue weighted by Gasteiger charge is 2.24. The zero-order chi connectivity index (χ0) is 25.9. The van der Waals surface area contributed by atoms with Crippen molar-refractivity contribution in [1.29, 1.82) is 0 Å². The Kier molecular flexibility index (Phi) is 6.85. The third kappa shape index (κ3) is 5.16. The molecular weight excluding hydrogens is 479 g/mol. The Morgan fingerprint density at radius 3 is 2.78 bits per heavy atom. The monoisotopic (exact) mass is 506 g/mol. The molecule has 1 saturated carbocycles. The van der Waals surface area contributed by atoms with Crippen molar-refractivity contribution in [1.82, 2.24) is 24.1 Å². The van der Waals surface area contributed by atoms with Gasteiger partial charge in [-0.2, -0.15) is 4.98 Å². The highest BCUT2D eigenvalue weighted by Crippen LogP contribution is 2.32. The molecule has 0 amide bonds. The first kappa shape index (κ1) is 24.4. The van der Waals surface area contributed by atoms with Crippen LogP contribution in [0.2, 0.25) is 0 Å². The third-order valence-corrected chi connectivity index (χ3v) is 6.37. The Morgan fingerprint density at radius 1 is 1.24 bits per heavy atom. The van der Waals surface area contributed by atoms with E-state index in [1.165, 1.54) is 10.6 Å². The standard InChI is InChI=1S/C26H27FN6O4/c1-3-36-26(35)37-22-11-18(15-32(22)14-17-7-6-10-28-13-17)30-25-29-16(2)20-12-21(27)24(34)33(23(20)31-25)19-8-4-5-9-19/h6-7,10-13,15,19H,3-5,8-9,14H2,1-2H3,(H,29,30,31). The Balaban J connectivity index is 1.52. The number of anilines is 2. The minimum atomic E-state index is -0.819. The van der Waals surface area contributed by atoms with Gasteiger partial charge in [-0.25, -0.2) is 14.2 Å². The highest BCUT2D eigenvalue weighted by atomic mass is 19.1. The molecule has 0 saturated heterocycles. The molecule has 11 heteroatoms. The maximum absolute atomic E-state index is 14.5. The van der Waals surface area contributed by atoms with E-state index >= 15 is 0 Å². The van der Waals surface area contributed by atoms with Crippen LogP contribution in [0.4, 0.5) is 20.8 Å². The maximum atomic E-state index is 14.5. The van der Waals surface area contributed by atoms with Gasteiger partial charge in [0.25, 0.3) is 5.56 Å². The van der Waals surface area contributed by atoms with Crippen LogP contribution < -0.4 is 15.6 Å². The first-order chi connectivity index (χ1) is 17.9. The summed E-state index contributed by atoms with van der Waals surface area (Å²) in [4.78, 5) is 38.0. The molecule has 192 valence electrons. The molecule has 5 rings (SSSR count). The Hall–Kier alpha value is -4.28. The number of pyridine rings is 2. The van der Waals surface area contributed by atoms with Crippen molar-refractivity contribution in [3.63, 3.8) is 0 Å². The average Bonchev–Trinajstić information content (AvgIpc) is 3.52. The molecule has 0 unspecified atom stereocenters. The molecule has 1 aliphatic carbocycles. The first-order valence-electron chi connectivity index (χ1n) is 12.2. The van der Waals surface area contributed by atoms with Gasteiger partial charge in [-0.3, -0.25) is 14.3 Å². The van der Waals surface area contributed by atoms with Crippen molar-refractivity contribution >= 4 is 28.8 Å². The molecule has 4 aromatic rings. The fraction of sp³-hybridized carbons (Fsp3) is 0.346. The number of halogens is 1. The van der Waals surface area contributed by atoms with Crippen LogP contribution in [0.15, 0.2) is 47.7 Å². The van der Waals surface area contributed by atoms with Crippen molar-refractivity contribution in [3.8, 4) is 5.88 Å². The van der Waals surface area contributed by atoms with Gasteiger partial charge in [0, 0.05) is 36.1 Å². The van der Waals surface area contributed by atoms with E-state index in [2.05, 4.69) is 20.3 Å². The molecule has 1 fully saturated rings. The number of carbonyl (C=O) groups is 1. The van der Waals surface area contributed by atoms with Crippen molar-refractivity contribution in [3.05, 3.63) is 70.3 Å². The summed E-state index contributed by atoms with van der Waals surface area (Å²) in [6, 6.07) is 6.47. The highest BCUT2D eigenvalue weighted by molar-refractivity contribution is 5.79. The molecule has 0 radical (unpaired) electrons. The second-order valence-corrected chi connectivity index (χ2v) is 8.94. The van der Waals surface area contributed by atoms with Crippen LogP contribution in [0, 0.1) is 12.7 Å². The van der Waals surface area contributed by atoms with Gasteiger partial charge in [-0.15, -0.1) is 0 Å². The topological polar surface area (TPSA) is 113 Å². The Morgan fingerprint density at radius 2 is 2.05 bits per heavy atom. The quantitative estimate of drug-likeness (QED) is 0.353. The predicted octanol–water partition coefficient (Wildman–Crippen LogP) is 4.88. The number of aromatic nitrogens is 5. The number of nitrogens with zero attached hydrogens (tertiary/aromatic N) is 5. The van der Waals surface area contributed by atoms with E-state index in [-0.39, 0.29) is 24.5 Å². The SMILES string of the molecule is CCOC(=O)Oc1cc(Nc2nc(C)c3cc(F)c(=O)n(C4CCCC4)c3n2)cn1Cc1cccnc1. The predicted molar refractivity (Wildman–Crippen MR) is 135 cm³/mol. The molecule has 1 aliphatic rings. The lowest BCUT2D eigenvalue weighted by Gasteiger charge is -2.17. The number of aryl methyl sites for hydroxylation is 1.